The lowest BCUT2D eigenvalue weighted by molar-refractivity contribution is -0.135. The highest BCUT2D eigenvalue weighted by Gasteiger charge is 2.29. The van der Waals surface area contributed by atoms with Crippen LogP contribution in [0.15, 0.2) is 64.0 Å². The van der Waals surface area contributed by atoms with Gasteiger partial charge in [0.25, 0.3) is 0 Å². The van der Waals surface area contributed by atoms with Crippen molar-refractivity contribution in [2.75, 3.05) is 6.54 Å². The first kappa shape index (κ1) is 19.4. The molecule has 1 aliphatic rings. The van der Waals surface area contributed by atoms with Gasteiger partial charge in [0.1, 0.15) is 22.4 Å². The fourth-order valence-corrected chi connectivity index (χ4v) is 4.29. The topological polar surface area (TPSA) is 98.5 Å². The largest absolute Gasteiger partial charge is 0.360 e. The molecule has 3 aromatic rings. The number of benzene rings is 2. The molecule has 2 aromatic carbocycles. The van der Waals surface area contributed by atoms with Gasteiger partial charge in [-0.1, -0.05) is 47.6 Å². The summed E-state index contributed by atoms with van der Waals surface area (Å²) >= 11 is 0. The van der Waals surface area contributed by atoms with Gasteiger partial charge in [0.2, 0.25) is 0 Å². The molecule has 0 spiro atoms. The Labute approximate surface area is 168 Å². The molecule has 1 fully saturated rings. The van der Waals surface area contributed by atoms with Crippen molar-refractivity contribution in [2.45, 2.75) is 30.7 Å². The maximum absolute atomic E-state index is 12.5. The SMILES string of the molecule is Cc1onc(-c2ccccc2)c1-c1ccc(S(=O)(=O)OC(=O)[C@@H]2CCCN2)cc1. The monoisotopic (exact) mass is 412 g/mol. The van der Waals surface area contributed by atoms with E-state index in [-0.39, 0.29) is 4.90 Å². The van der Waals surface area contributed by atoms with Gasteiger partial charge >= 0.3 is 16.1 Å². The lowest BCUT2D eigenvalue weighted by Gasteiger charge is -2.11. The molecule has 1 saturated heterocycles. The van der Waals surface area contributed by atoms with E-state index in [1.165, 1.54) is 12.1 Å². The molecule has 7 nitrogen and oxygen atoms in total. The predicted molar refractivity (Wildman–Crippen MR) is 106 cm³/mol. The third-order valence-electron chi connectivity index (χ3n) is 4.88. The highest BCUT2D eigenvalue weighted by Crippen LogP contribution is 2.34. The van der Waals surface area contributed by atoms with Gasteiger partial charge in [-0.15, -0.1) is 0 Å². The summed E-state index contributed by atoms with van der Waals surface area (Å²) in [7, 11) is -4.18. The van der Waals surface area contributed by atoms with Crippen LogP contribution in [0.25, 0.3) is 22.4 Å². The van der Waals surface area contributed by atoms with Crippen LogP contribution in [-0.2, 0) is 19.1 Å². The van der Waals surface area contributed by atoms with E-state index >= 15 is 0 Å². The molecule has 150 valence electrons. The van der Waals surface area contributed by atoms with E-state index in [2.05, 4.69) is 10.5 Å². The zero-order valence-electron chi connectivity index (χ0n) is 15.8. The first-order chi connectivity index (χ1) is 14.0. The first-order valence-electron chi connectivity index (χ1n) is 9.29. The van der Waals surface area contributed by atoms with Gasteiger partial charge in [0.15, 0.2) is 0 Å². The Morgan fingerprint density at radius 1 is 1.10 bits per heavy atom. The van der Waals surface area contributed by atoms with Gasteiger partial charge in [0.05, 0.1) is 5.56 Å². The van der Waals surface area contributed by atoms with Crippen molar-refractivity contribution in [1.82, 2.24) is 10.5 Å². The minimum atomic E-state index is -4.18. The Kier molecular flexibility index (Phi) is 5.21. The van der Waals surface area contributed by atoms with Crippen molar-refractivity contribution in [3.05, 3.63) is 60.4 Å². The summed E-state index contributed by atoms with van der Waals surface area (Å²) in [6.45, 7) is 2.48. The molecule has 4 rings (SSSR count). The molecule has 2 heterocycles. The molecule has 8 heteroatoms. The van der Waals surface area contributed by atoms with E-state index in [1.54, 1.807) is 19.1 Å². The van der Waals surface area contributed by atoms with E-state index in [4.69, 9.17) is 8.71 Å². The normalized spacial score (nSPS) is 16.7. The van der Waals surface area contributed by atoms with Crippen LogP contribution in [0.3, 0.4) is 0 Å². The Morgan fingerprint density at radius 3 is 2.48 bits per heavy atom. The Balaban J connectivity index is 1.60. The van der Waals surface area contributed by atoms with Crippen molar-refractivity contribution in [3.63, 3.8) is 0 Å². The smallest absolute Gasteiger partial charge is 0.341 e. The van der Waals surface area contributed by atoms with Gasteiger partial charge in [-0.05, 0) is 44.0 Å². The number of carbonyl (C=O) groups excluding carboxylic acids is 1. The zero-order chi connectivity index (χ0) is 20.4. The number of hydrogen-bond acceptors (Lipinski definition) is 7. The first-order valence-corrected chi connectivity index (χ1v) is 10.7. The highest BCUT2D eigenvalue weighted by atomic mass is 32.2. The molecule has 1 aromatic heterocycles. The number of aromatic nitrogens is 1. The van der Waals surface area contributed by atoms with Gasteiger partial charge in [-0.3, -0.25) is 0 Å². The lowest BCUT2D eigenvalue weighted by Crippen LogP contribution is -2.33. The number of carbonyl (C=O) groups is 1. The summed E-state index contributed by atoms with van der Waals surface area (Å²) in [5.41, 5.74) is 3.11. The van der Waals surface area contributed by atoms with E-state index in [1.807, 2.05) is 30.3 Å². The summed E-state index contributed by atoms with van der Waals surface area (Å²) in [4.78, 5) is 12.0. The minimum absolute atomic E-state index is 0.0806. The third-order valence-corrected chi connectivity index (χ3v) is 6.11. The molecule has 0 bridgehead atoms. The van der Waals surface area contributed by atoms with Crippen molar-refractivity contribution in [3.8, 4) is 22.4 Å². The van der Waals surface area contributed by atoms with E-state index < -0.39 is 22.1 Å². The molecular formula is C21H20N2O5S. The second-order valence-electron chi connectivity index (χ2n) is 6.86. The Hall–Kier alpha value is -2.97. The average Bonchev–Trinajstić information content (AvgIpc) is 3.38. The lowest BCUT2D eigenvalue weighted by atomic mass is 10.00. The minimum Gasteiger partial charge on any atom is -0.360 e. The number of aryl methyl sites for hydroxylation is 1. The summed E-state index contributed by atoms with van der Waals surface area (Å²) in [6, 6.07) is 15.2. The quantitative estimate of drug-likeness (QED) is 0.642. The number of nitrogens with one attached hydrogen (secondary N) is 1. The van der Waals surface area contributed by atoms with Crippen LogP contribution in [-0.4, -0.2) is 32.1 Å². The average molecular weight is 412 g/mol. The van der Waals surface area contributed by atoms with Crippen molar-refractivity contribution in [1.29, 1.82) is 0 Å². The third kappa shape index (κ3) is 3.94. The maximum Gasteiger partial charge on any atom is 0.341 e. The Bertz CT molecular complexity index is 1120. The molecule has 0 amide bonds. The molecule has 0 unspecified atom stereocenters. The van der Waals surface area contributed by atoms with Crippen LogP contribution in [0.2, 0.25) is 0 Å². The van der Waals surface area contributed by atoms with Gasteiger partial charge in [-0.25, -0.2) is 4.79 Å². The van der Waals surface area contributed by atoms with E-state index in [0.29, 0.717) is 24.4 Å². The summed E-state index contributed by atoms with van der Waals surface area (Å²) in [6.07, 6.45) is 1.39. The number of nitrogens with zero attached hydrogens (tertiary/aromatic N) is 1. The molecule has 1 aliphatic heterocycles. The fraction of sp³-hybridized carbons (Fsp3) is 0.238. The maximum atomic E-state index is 12.5. The van der Waals surface area contributed by atoms with Crippen molar-refractivity contribution < 1.29 is 21.9 Å². The van der Waals surface area contributed by atoms with Crippen LogP contribution in [0.5, 0.6) is 0 Å². The van der Waals surface area contributed by atoms with Crippen LogP contribution in [0.1, 0.15) is 18.6 Å². The van der Waals surface area contributed by atoms with E-state index in [0.717, 1.165) is 23.1 Å². The molecule has 0 aliphatic carbocycles. The number of hydrogen-bond donors (Lipinski definition) is 1. The second kappa shape index (κ2) is 7.81. The fourth-order valence-electron chi connectivity index (χ4n) is 3.39. The molecule has 0 saturated carbocycles. The van der Waals surface area contributed by atoms with Crippen LogP contribution >= 0.6 is 0 Å². The van der Waals surface area contributed by atoms with Crippen LogP contribution < -0.4 is 5.32 Å². The highest BCUT2D eigenvalue weighted by molar-refractivity contribution is 7.87. The Morgan fingerprint density at radius 2 is 1.83 bits per heavy atom. The standard InChI is InChI=1S/C21H20N2O5S/c1-14-19(20(23-27-14)16-6-3-2-4-7-16)15-9-11-17(12-10-15)29(25,26)28-21(24)18-8-5-13-22-18/h2-4,6-7,9-12,18,22H,5,8,13H2,1H3/t18-/m0/s1. The van der Waals surface area contributed by atoms with Crippen molar-refractivity contribution in [2.24, 2.45) is 0 Å². The molecular weight excluding hydrogens is 392 g/mol. The second-order valence-corrected chi connectivity index (χ2v) is 8.40. The van der Waals surface area contributed by atoms with Crippen LogP contribution in [0.4, 0.5) is 0 Å². The predicted octanol–water partition coefficient (Wildman–Crippen LogP) is 3.30. The molecule has 1 N–H and O–H groups in total. The van der Waals surface area contributed by atoms with E-state index in [9.17, 15) is 13.2 Å². The van der Waals surface area contributed by atoms with Crippen molar-refractivity contribution >= 4 is 16.1 Å². The summed E-state index contributed by atoms with van der Waals surface area (Å²) < 4.78 is 35.1. The van der Waals surface area contributed by atoms with Gasteiger partial charge in [0, 0.05) is 5.56 Å². The summed E-state index contributed by atoms with van der Waals surface area (Å²) in [5, 5.41) is 7.08. The van der Waals surface area contributed by atoms with Gasteiger partial charge < -0.3 is 14.0 Å². The number of rotatable bonds is 5. The molecule has 1 atom stereocenters. The molecule has 0 radical (unpaired) electrons. The zero-order valence-corrected chi connectivity index (χ0v) is 16.6. The summed E-state index contributed by atoms with van der Waals surface area (Å²) in [5.74, 6) is -0.147. The van der Waals surface area contributed by atoms with Gasteiger partial charge in [-0.2, -0.15) is 8.42 Å². The molecule has 29 heavy (non-hydrogen) atoms. The van der Waals surface area contributed by atoms with Crippen LogP contribution in [0, 0.1) is 6.92 Å².